The molecule has 0 aromatic heterocycles. The van der Waals surface area contributed by atoms with E-state index in [0.717, 1.165) is 18.7 Å². The fraction of sp³-hybridized carbons (Fsp3) is 0.588. The predicted molar refractivity (Wildman–Crippen MR) is 89.1 cm³/mol. The summed E-state index contributed by atoms with van der Waals surface area (Å²) >= 11 is 0. The number of anilines is 1. The first kappa shape index (κ1) is 16.6. The van der Waals surface area contributed by atoms with Crippen molar-refractivity contribution in [2.24, 2.45) is 0 Å². The number of aliphatic hydroxyl groups is 1. The van der Waals surface area contributed by atoms with E-state index >= 15 is 0 Å². The largest absolute Gasteiger partial charge is 0.394 e. The molecule has 1 aromatic rings. The third kappa shape index (κ3) is 4.37. The van der Waals surface area contributed by atoms with Gasteiger partial charge in [-0.2, -0.15) is 0 Å². The molecule has 2 rings (SSSR count). The molecule has 122 valence electrons. The summed E-state index contributed by atoms with van der Waals surface area (Å²) in [5.74, 6) is 0. The molecule has 2 amide bonds. The molecule has 5 heteroatoms. The fourth-order valence-corrected chi connectivity index (χ4v) is 2.75. The van der Waals surface area contributed by atoms with Crippen LogP contribution >= 0.6 is 0 Å². The minimum atomic E-state index is -0.236. The number of carbonyl (C=O) groups excluding carboxylic acids is 1. The van der Waals surface area contributed by atoms with Crippen molar-refractivity contribution < 1.29 is 9.90 Å². The molecule has 2 unspecified atom stereocenters. The Bertz CT molecular complexity index is 483. The SMILES string of the molecule is CCC(CO)NC(=O)NC(C)c1cccc(N2CCCC2)c1. The number of urea groups is 1. The zero-order valence-electron chi connectivity index (χ0n) is 13.5. The highest BCUT2D eigenvalue weighted by atomic mass is 16.3. The normalized spacial score (nSPS) is 17.1. The molecule has 0 saturated carbocycles. The minimum Gasteiger partial charge on any atom is -0.394 e. The summed E-state index contributed by atoms with van der Waals surface area (Å²) in [6.07, 6.45) is 3.21. The summed E-state index contributed by atoms with van der Waals surface area (Å²) in [6.45, 7) is 6.09. The molecule has 0 radical (unpaired) electrons. The van der Waals surface area contributed by atoms with E-state index in [1.807, 2.05) is 26.0 Å². The Hall–Kier alpha value is -1.75. The molecular weight excluding hydrogens is 278 g/mol. The molecule has 1 saturated heterocycles. The molecule has 1 aromatic carbocycles. The van der Waals surface area contributed by atoms with E-state index in [2.05, 4.69) is 27.7 Å². The maximum Gasteiger partial charge on any atom is 0.315 e. The summed E-state index contributed by atoms with van der Waals surface area (Å²) in [5.41, 5.74) is 2.32. The molecule has 2 atom stereocenters. The Morgan fingerprint density at radius 1 is 1.32 bits per heavy atom. The van der Waals surface area contributed by atoms with Crippen LogP contribution in [-0.4, -0.2) is 36.9 Å². The average molecular weight is 305 g/mol. The number of carbonyl (C=O) groups is 1. The molecular formula is C17H27N3O2. The summed E-state index contributed by atoms with van der Waals surface area (Å²) in [7, 11) is 0. The van der Waals surface area contributed by atoms with Crippen LogP contribution in [0.15, 0.2) is 24.3 Å². The van der Waals surface area contributed by atoms with Crippen LogP contribution in [0, 0.1) is 0 Å². The minimum absolute atomic E-state index is 0.0389. The lowest BCUT2D eigenvalue weighted by Crippen LogP contribution is -2.44. The van der Waals surface area contributed by atoms with Gasteiger partial charge in [0.2, 0.25) is 0 Å². The van der Waals surface area contributed by atoms with Crippen molar-refractivity contribution in [2.75, 3.05) is 24.6 Å². The Labute approximate surface area is 132 Å². The Morgan fingerprint density at radius 2 is 2.05 bits per heavy atom. The maximum atomic E-state index is 12.0. The van der Waals surface area contributed by atoms with Crippen molar-refractivity contribution in [3.8, 4) is 0 Å². The van der Waals surface area contributed by atoms with Crippen LogP contribution in [0.5, 0.6) is 0 Å². The van der Waals surface area contributed by atoms with Gasteiger partial charge in [0.1, 0.15) is 0 Å². The molecule has 1 fully saturated rings. The van der Waals surface area contributed by atoms with E-state index in [0.29, 0.717) is 6.42 Å². The Morgan fingerprint density at radius 3 is 2.68 bits per heavy atom. The van der Waals surface area contributed by atoms with Crippen molar-refractivity contribution >= 4 is 11.7 Å². The first-order chi connectivity index (χ1) is 10.6. The van der Waals surface area contributed by atoms with Crippen LogP contribution in [0.25, 0.3) is 0 Å². The topological polar surface area (TPSA) is 64.6 Å². The molecule has 3 N–H and O–H groups in total. The summed E-state index contributed by atoms with van der Waals surface area (Å²) in [6, 6.07) is 7.86. The zero-order chi connectivity index (χ0) is 15.9. The van der Waals surface area contributed by atoms with E-state index in [-0.39, 0.29) is 24.7 Å². The van der Waals surface area contributed by atoms with Gasteiger partial charge in [-0.25, -0.2) is 4.79 Å². The number of aliphatic hydroxyl groups excluding tert-OH is 1. The first-order valence-electron chi connectivity index (χ1n) is 8.16. The summed E-state index contributed by atoms with van der Waals surface area (Å²) in [4.78, 5) is 14.3. The third-order valence-electron chi connectivity index (χ3n) is 4.24. The second-order valence-corrected chi connectivity index (χ2v) is 5.92. The van der Waals surface area contributed by atoms with E-state index in [4.69, 9.17) is 5.11 Å². The Kier molecular flexibility index (Phi) is 6.07. The van der Waals surface area contributed by atoms with Gasteiger partial charge >= 0.3 is 6.03 Å². The van der Waals surface area contributed by atoms with Gasteiger partial charge in [-0.15, -0.1) is 0 Å². The average Bonchev–Trinajstić information content (AvgIpc) is 3.07. The molecule has 5 nitrogen and oxygen atoms in total. The zero-order valence-corrected chi connectivity index (χ0v) is 13.5. The van der Waals surface area contributed by atoms with Crippen LogP contribution in [0.1, 0.15) is 44.7 Å². The predicted octanol–water partition coefficient (Wildman–Crippen LogP) is 2.42. The highest BCUT2D eigenvalue weighted by Crippen LogP contribution is 2.23. The molecule has 1 heterocycles. The number of rotatable bonds is 6. The fourth-order valence-electron chi connectivity index (χ4n) is 2.75. The van der Waals surface area contributed by atoms with E-state index in [1.54, 1.807) is 0 Å². The molecule has 0 spiro atoms. The van der Waals surface area contributed by atoms with Gasteiger partial charge in [0, 0.05) is 18.8 Å². The smallest absolute Gasteiger partial charge is 0.315 e. The molecule has 22 heavy (non-hydrogen) atoms. The molecule has 0 aliphatic carbocycles. The van der Waals surface area contributed by atoms with Crippen molar-refractivity contribution in [2.45, 2.75) is 45.2 Å². The van der Waals surface area contributed by atoms with Crippen molar-refractivity contribution in [3.05, 3.63) is 29.8 Å². The lowest BCUT2D eigenvalue weighted by molar-refractivity contribution is 0.212. The van der Waals surface area contributed by atoms with Gasteiger partial charge in [-0.05, 0) is 43.9 Å². The standard InChI is InChI=1S/C17H27N3O2/c1-3-15(12-21)19-17(22)18-13(2)14-7-6-8-16(11-14)20-9-4-5-10-20/h6-8,11,13,15,21H,3-5,9-10,12H2,1-2H3,(H2,18,19,22). The van der Waals surface area contributed by atoms with Gasteiger partial charge in [-0.3, -0.25) is 0 Å². The van der Waals surface area contributed by atoms with Gasteiger partial charge in [0.15, 0.2) is 0 Å². The van der Waals surface area contributed by atoms with Crippen molar-refractivity contribution in [3.63, 3.8) is 0 Å². The lowest BCUT2D eigenvalue weighted by Gasteiger charge is -2.22. The van der Waals surface area contributed by atoms with E-state index in [9.17, 15) is 4.79 Å². The second kappa shape index (κ2) is 8.03. The van der Waals surface area contributed by atoms with Gasteiger partial charge < -0.3 is 20.6 Å². The number of hydrogen-bond donors (Lipinski definition) is 3. The van der Waals surface area contributed by atoms with Crippen molar-refractivity contribution in [1.82, 2.24) is 10.6 Å². The van der Waals surface area contributed by atoms with Crippen molar-refractivity contribution in [1.29, 1.82) is 0 Å². The van der Waals surface area contributed by atoms with Gasteiger partial charge in [0.25, 0.3) is 0 Å². The maximum absolute atomic E-state index is 12.0. The van der Waals surface area contributed by atoms with Gasteiger partial charge in [-0.1, -0.05) is 19.1 Å². The summed E-state index contributed by atoms with van der Waals surface area (Å²) in [5, 5.41) is 14.8. The quantitative estimate of drug-likeness (QED) is 0.756. The van der Waals surface area contributed by atoms with E-state index in [1.165, 1.54) is 18.5 Å². The Balaban J connectivity index is 1.95. The number of hydrogen-bond acceptors (Lipinski definition) is 3. The third-order valence-corrected chi connectivity index (χ3v) is 4.24. The monoisotopic (exact) mass is 305 g/mol. The molecule has 1 aliphatic rings. The van der Waals surface area contributed by atoms with Crippen LogP contribution in [-0.2, 0) is 0 Å². The first-order valence-corrected chi connectivity index (χ1v) is 8.16. The lowest BCUT2D eigenvalue weighted by atomic mass is 10.1. The molecule has 0 bridgehead atoms. The summed E-state index contributed by atoms with van der Waals surface area (Å²) < 4.78 is 0. The number of amides is 2. The number of nitrogens with zero attached hydrogens (tertiary/aromatic N) is 1. The van der Waals surface area contributed by atoms with Crippen LogP contribution in [0.3, 0.4) is 0 Å². The van der Waals surface area contributed by atoms with Crippen LogP contribution in [0.4, 0.5) is 10.5 Å². The number of benzene rings is 1. The highest BCUT2D eigenvalue weighted by molar-refractivity contribution is 5.74. The van der Waals surface area contributed by atoms with Crippen LogP contribution in [0.2, 0.25) is 0 Å². The highest BCUT2D eigenvalue weighted by Gasteiger charge is 2.16. The second-order valence-electron chi connectivity index (χ2n) is 5.92. The molecule has 1 aliphatic heterocycles. The van der Waals surface area contributed by atoms with Crippen LogP contribution < -0.4 is 15.5 Å². The number of nitrogens with one attached hydrogen (secondary N) is 2. The van der Waals surface area contributed by atoms with Gasteiger partial charge in [0.05, 0.1) is 18.7 Å². The van der Waals surface area contributed by atoms with E-state index < -0.39 is 0 Å².